The van der Waals surface area contributed by atoms with Crippen LogP contribution in [0.1, 0.15) is 25.9 Å². The van der Waals surface area contributed by atoms with Crippen molar-refractivity contribution >= 4 is 34.8 Å². The highest BCUT2D eigenvalue weighted by molar-refractivity contribution is 7.17. The number of benzene rings is 1. The minimum Gasteiger partial charge on any atom is -0.459 e. The zero-order chi connectivity index (χ0) is 19.7. The summed E-state index contributed by atoms with van der Waals surface area (Å²) in [6.45, 7) is 3.73. The first-order chi connectivity index (χ1) is 13.5. The van der Waals surface area contributed by atoms with Gasteiger partial charge in [-0.25, -0.2) is 4.98 Å². The molecule has 1 aliphatic heterocycles. The lowest BCUT2D eigenvalue weighted by atomic mass is 10.2. The number of carbonyl (C=O) groups is 2. The Hall–Kier alpha value is -2.64. The van der Waals surface area contributed by atoms with Gasteiger partial charge in [-0.15, -0.1) is 11.3 Å². The van der Waals surface area contributed by atoms with Gasteiger partial charge >= 0.3 is 0 Å². The second kappa shape index (κ2) is 7.77. The fourth-order valence-electron chi connectivity index (χ4n) is 3.16. The van der Waals surface area contributed by atoms with Crippen LogP contribution in [0.25, 0.3) is 10.6 Å². The predicted octanol–water partition coefficient (Wildman–Crippen LogP) is 3.96. The second-order valence-electron chi connectivity index (χ2n) is 6.48. The Balaban J connectivity index is 1.46. The Morgan fingerprint density at radius 3 is 2.36 bits per heavy atom. The second-order valence-corrected chi connectivity index (χ2v) is 7.88. The van der Waals surface area contributed by atoms with E-state index in [1.807, 2.05) is 31.2 Å². The van der Waals surface area contributed by atoms with E-state index < -0.39 is 0 Å². The van der Waals surface area contributed by atoms with E-state index in [1.165, 1.54) is 17.6 Å². The molecule has 8 heteroatoms. The van der Waals surface area contributed by atoms with E-state index >= 15 is 0 Å². The van der Waals surface area contributed by atoms with E-state index in [9.17, 15) is 9.59 Å². The number of aryl methyl sites for hydroxylation is 1. The number of rotatable bonds is 3. The van der Waals surface area contributed by atoms with Gasteiger partial charge in [0.1, 0.15) is 9.88 Å². The van der Waals surface area contributed by atoms with E-state index in [1.54, 1.807) is 21.9 Å². The molecule has 1 fully saturated rings. The van der Waals surface area contributed by atoms with Crippen molar-refractivity contribution < 1.29 is 14.0 Å². The van der Waals surface area contributed by atoms with Gasteiger partial charge in [-0.1, -0.05) is 29.8 Å². The highest BCUT2D eigenvalue weighted by Gasteiger charge is 2.28. The molecule has 0 atom stereocenters. The first-order valence-corrected chi connectivity index (χ1v) is 10.1. The molecule has 1 aliphatic rings. The first kappa shape index (κ1) is 18.7. The third-order valence-corrected chi connectivity index (χ3v) is 6.19. The maximum absolute atomic E-state index is 13.0. The minimum atomic E-state index is -0.146. The lowest BCUT2D eigenvalue weighted by molar-refractivity contribution is 0.0520. The molecule has 6 nitrogen and oxygen atoms in total. The molecule has 0 bridgehead atoms. The van der Waals surface area contributed by atoms with Crippen LogP contribution in [0.5, 0.6) is 0 Å². The van der Waals surface area contributed by atoms with Crippen molar-refractivity contribution in [2.24, 2.45) is 0 Å². The number of hydrogen-bond acceptors (Lipinski definition) is 5. The van der Waals surface area contributed by atoms with Gasteiger partial charge in [0.25, 0.3) is 11.8 Å². The molecule has 1 saturated heterocycles. The molecular formula is C20H18ClN3O3S. The van der Waals surface area contributed by atoms with Gasteiger partial charge in [-0.3, -0.25) is 9.59 Å². The van der Waals surface area contributed by atoms with E-state index in [0.29, 0.717) is 47.5 Å². The average molecular weight is 416 g/mol. The molecule has 2 amide bonds. The average Bonchev–Trinajstić information content (AvgIpc) is 3.37. The normalized spacial score (nSPS) is 14.4. The van der Waals surface area contributed by atoms with Crippen molar-refractivity contribution in [1.82, 2.24) is 14.8 Å². The first-order valence-electron chi connectivity index (χ1n) is 8.89. The molecule has 3 heterocycles. The molecule has 0 saturated carbocycles. The van der Waals surface area contributed by atoms with Gasteiger partial charge in [-0.2, -0.15) is 0 Å². The van der Waals surface area contributed by atoms with Gasteiger partial charge < -0.3 is 14.2 Å². The Bertz CT molecular complexity index is 1010. The number of amides is 2. The summed E-state index contributed by atoms with van der Waals surface area (Å²) < 4.78 is 5.17. The Labute approximate surface area is 171 Å². The smallest absolute Gasteiger partial charge is 0.289 e. The summed E-state index contributed by atoms with van der Waals surface area (Å²) in [4.78, 5) is 34.0. The molecule has 28 heavy (non-hydrogen) atoms. The van der Waals surface area contributed by atoms with Crippen molar-refractivity contribution in [3.63, 3.8) is 0 Å². The third-order valence-electron chi connectivity index (χ3n) is 4.68. The van der Waals surface area contributed by atoms with Gasteiger partial charge in [-0.05, 0) is 25.1 Å². The van der Waals surface area contributed by atoms with Crippen molar-refractivity contribution in [3.8, 4) is 10.6 Å². The zero-order valence-electron chi connectivity index (χ0n) is 15.2. The maximum Gasteiger partial charge on any atom is 0.289 e. The van der Waals surface area contributed by atoms with Crippen LogP contribution < -0.4 is 0 Å². The van der Waals surface area contributed by atoms with Crippen LogP contribution >= 0.6 is 22.9 Å². The molecule has 0 aliphatic carbocycles. The standard InChI is InChI=1S/C20H18ClN3O3S/c1-13-17(28-18(22-13)14-5-2-3-6-15(14)21)20(26)24-10-8-23(9-11-24)19(25)16-7-4-12-27-16/h2-7,12H,8-11H2,1H3. The highest BCUT2D eigenvalue weighted by atomic mass is 35.5. The topological polar surface area (TPSA) is 66.7 Å². The molecule has 0 spiro atoms. The molecule has 3 aromatic rings. The molecule has 144 valence electrons. The largest absolute Gasteiger partial charge is 0.459 e. The van der Waals surface area contributed by atoms with Crippen LogP contribution in [0.3, 0.4) is 0 Å². The van der Waals surface area contributed by atoms with Gasteiger partial charge in [0.15, 0.2) is 5.76 Å². The third kappa shape index (κ3) is 3.55. The van der Waals surface area contributed by atoms with E-state index in [4.69, 9.17) is 16.0 Å². The number of hydrogen-bond donors (Lipinski definition) is 0. The number of aromatic nitrogens is 1. The van der Waals surface area contributed by atoms with Crippen molar-refractivity contribution in [1.29, 1.82) is 0 Å². The minimum absolute atomic E-state index is 0.0570. The number of carbonyl (C=O) groups excluding carboxylic acids is 2. The van der Waals surface area contributed by atoms with Crippen LogP contribution in [-0.2, 0) is 0 Å². The van der Waals surface area contributed by atoms with E-state index in [0.717, 1.165) is 10.6 Å². The SMILES string of the molecule is Cc1nc(-c2ccccc2Cl)sc1C(=O)N1CCN(C(=O)c2ccco2)CC1. The summed E-state index contributed by atoms with van der Waals surface area (Å²) in [7, 11) is 0. The summed E-state index contributed by atoms with van der Waals surface area (Å²) in [5.74, 6) is 0.118. The van der Waals surface area contributed by atoms with Gasteiger partial charge in [0.05, 0.1) is 17.0 Å². The lowest BCUT2D eigenvalue weighted by Gasteiger charge is -2.34. The monoisotopic (exact) mass is 415 g/mol. The van der Waals surface area contributed by atoms with Gasteiger partial charge in [0, 0.05) is 31.7 Å². The molecule has 1 aromatic carbocycles. The van der Waals surface area contributed by atoms with Crippen molar-refractivity contribution in [2.45, 2.75) is 6.92 Å². The summed E-state index contributed by atoms with van der Waals surface area (Å²) in [5.41, 5.74) is 1.52. The van der Waals surface area contributed by atoms with Crippen molar-refractivity contribution in [3.05, 3.63) is 64.0 Å². The molecule has 0 N–H and O–H groups in total. The predicted molar refractivity (Wildman–Crippen MR) is 108 cm³/mol. The summed E-state index contributed by atoms with van der Waals surface area (Å²) in [5, 5.41) is 1.35. The Kier molecular flexibility index (Phi) is 5.19. The quantitative estimate of drug-likeness (QED) is 0.649. The van der Waals surface area contributed by atoms with E-state index in [-0.39, 0.29) is 11.8 Å². The van der Waals surface area contributed by atoms with Crippen LogP contribution in [-0.4, -0.2) is 52.8 Å². The zero-order valence-corrected chi connectivity index (χ0v) is 16.8. The fourth-order valence-corrected chi connectivity index (χ4v) is 4.51. The van der Waals surface area contributed by atoms with Crippen molar-refractivity contribution in [2.75, 3.05) is 26.2 Å². The molecule has 0 radical (unpaired) electrons. The van der Waals surface area contributed by atoms with Crippen LogP contribution in [0.2, 0.25) is 5.02 Å². The Morgan fingerprint density at radius 2 is 1.71 bits per heavy atom. The fraction of sp³-hybridized carbons (Fsp3) is 0.250. The summed E-state index contributed by atoms with van der Waals surface area (Å²) in [6.07, 6.45) is 1.48. The summed E-state index contributed by atoms with van der Waals surface area (Å²) in [6, 6.07) is 10.8. The van der Waals surface area contributed by atoms with Crippen LogP contribution in [0.4, 0.5) is 0 Å². The number of furan rings is 1. The number of nitrogens with zero attached hydrogens (tertiary/aromatic N) is 3. The van der Waals surface area contributed by atoms with Crippen LogP contribution in [0.15, 0.2) is 47.1 Å². The molecule has 4 rings (SSSR count). The summed E-state index contributed by atoms with van der Waals surface area (Å²) >= 11 is 7.61. The lowest BCUT2D eigenvalue weighted by Crippen LogP contribution is -2.50. The van der Waals surface area contributed by atoms with E-state index in [2.05, 4.69) is 4.98 Å². The Morgan fingerprint density at radius 1 is 1.04 bits per heavy atom. The molecule has 0 unspecified atom stereocenters. The highest BCUT2D eigenvalue weighted by Crippen LogP contribution is 2.33. The number of thiazole rings is 1. The van der Waals surface area contributed by atoms with Gasteiger partial charge in [0.2, 0.25) is 0 Å². The number of halogens is 1. The molecule has 2 aromatic heterocycles. The molecular weight excluding hydrogens is 398 g/mol. The number of piperazine rings is 1. The van der Waals surface area contributed by atoms with Crippen LogP contribution in [0, 0.1) is 6.92 Å². The maximum atomic E-state index is 13.0.